The van der Waals surface area contributed by atoms with E-state index in [9.17, 15) is 14.7 Å². The van der Waals surface area contributed by atoms with Crippen molar-refractivity contribution in [1.29, 1.82) is 0 Å². The maximum absolute atomic E-state index is 12.5. The third kappa shape index (κ3) is 4.41. The molecule has 0 N–H and O–H groups in total. The zero-order valence-corrected chi connectivity index (χ0v) is 14.7. The number of carbonyl (C=O) groups is 2. The second kappa shape index (κ2) is 7.72. The van der Waals surface area contributed by atoms with Crippen molar-refractivity contribution in [2.75, 3.05) is 0 Å². The number of benzene rings is 2. The number of carboxylic acids is 1. The van der Waals surface area contributed by atoms with Gasteiger partial charge >= 0.3 is 0 Å². The lowest BCUT2D eigenvalue weighted by Crippen LogP contribution is -2.47. The largest absolute Gasteiger partial charge is 0.549 e. The van der Waals surface area contributed by atoms with Gasteiger partial charge in [0.1, 0.15) is 0 Å². The monoisotopic (exact) mass is 373 g/mol. The minimum absolute atomic E-state index is 0.112. The molecular weight excluding hydrogens is 360 g/mol. The summed E-state index contributed by atoms with van der Waals surface area (Å²) >= 11 is 6.90. The lowest BCUT2D eigenvalue weighted by Gasteiger charge is -2.32. The van der Waals surface area contributed by atoms with Gasteiger partial charge in [0.05, 0.1) is 23.5 Å². The molecule has 0 aromatic heterocycles. The van der Waals surface area contributed by atoms with Crippen molar-refractivity contribution in [2.24, 2.45) is 4.99 Å². The average molecular weight is 374 g/mol. The summed E-state index contributed by atoms with van der Waals surface area (Å²) < 4.78 is 0. The fourth-order valence-corrected chi connectivity index (χ4v) is 3.53. The number of halogens is 1. The van der Waals surface area contributed by atoms with Crippen molar-refractivity contribution in [3.05, 3.63) is 65.2 Å². The summed E-state index contributed by atoms with van der Waals surface area (Å²) in [5, 5.41) is 11.2. The minimum Gasteiger partial charge on any atom is -0.549 e. The Kier molecular flexibility index (Phi) is 5.40. The Labute approximate surface area is 154 Å². The summed E-state index contributed by atoms with van der Waals surface area (Å²) in [6.45, 7) is 0.332. The van der Waals surface area contributed by atoms with Gasteiger partial charge in [-0.25, -0.2) is 4.99 Å². The number of aliphatic imine (C=N–C) groups is 1. The van der Waals surface area contributed by atoms with Gasteiger partial charge in [-0.2, -0.15) is 0 Å². The molecule has 2 aromatic rings. The van der Waals surface area contributed by atoms with Crippen molar-refractivity contribution >= 4 is 46.1 Å². The van der Waals surface area contributed by atoms with Crippen LogP contribution < -0.4 is 5.11 Å². The Hall–Kier alpha value is -2.31. The molecule has 0 unspecified atom stereocenters. The summed E-state index contributed by atoms with van der Waals surface area (Å²) in [4.78, 5) is 29.7. The van der Waals surface area contributed by atoms with Crippen molar-refractivity contribution in [3.63, 3.8) is 0 Å². The Balaban J connectivity index is 1.93. The molecule has 0 aliphatic carbocycles. The Morgan fingerprint density at radius 3 is 2.52 bits per heavy atom. The first-order valence-corrected chi connectivity index (χ1v) is 8.85. The van der Waals surface area contributed by atoms with E-state index in [1.807, 2.05) is 30.3 Å². The van der Waals surface area contributed by atoms with Crippen LogP contribution in [0.5, 0.6) is 0 Å². The van der Waals surface area contributed by atoms with Crippen LogP contribution in [-0.2, 0) is 16.1 Å². The lowest BCUT2D eigenvalue weighted by atomic mass is 10.2. The Morgan fingerprint density at radius 1 is 1.20 bits per heavy atom. The van der Waals surface area contributed by atoms with Gasteiger partial charge in [0.2, 0.25) is 5.91 Å². The number of amides is 1. The van der Waals surface area contributed by atoms with Crippen molar-refractivity contribution in [1.82, 2.24) is 4.90 Å². The SMILES string of the molecule is O=C([O-])[C@H]1CC(=O)N(Cc2ccccc2)C(=Nc2ccc(Cl)cc2)S1. The van der Waals surface area contributed by atoms with E-state index >= 15 is 0 Å². The third-order valence-corrected chi connectivity index (χ3v) is 5.06. The van der Waals surface area contributed by atoms with Crippen LogP contribution in [0.3, 0.4) is 0 Å². The van der Waals surface area contributed by atoms with Gasteiger partial charge in [-0.05, 0) is 29.8 Å². The first-order chi connectivity index (χ1) is 12.0. The standard InChI is InChI=1S/C18H15ClN2O3S/c19-13-6-8-14(9-7-13)20-18-21(11-12-4-2-1-3-5-12)16(22)10-15(25-18)17(23)24/h1-9,15H,10-11H2,(H,23,24)/p-1/t15-/m1/s1. The molecule has 3 rings (SSSR count). The van der Waals surface area contributed by atoms with E-state index < -0.39 is 11.2 Å². The van der Waals surface area contributed by atoms with Crippen molar-refractivity contribution < 1.29 is 14.7 Å². The highest BCUT2D eigenvalue weighted by atomic mass is 35.5. The number of nitrogens with zero attached hydrogens (tertiary/aromatic N) is 2. The summed E-state index contributed by atoms with van der Waals surface area (Å²) in [7, 11) is 0. The van der Waals surface area contributed by atoms with Crippen LogP contribution in [0.1, 0.15) is 12.0 Å². The highest BCUT2D eigenvalue weighted by Gasteiger charge is 2.32. The van der Waals surface area contributed by atoms with E-state index in [0.717, 1.165) is 17.3 Å². The molecule has 5 nitrogen and oxygen atoms in total. The molecule has 0 spiro atoms. The molecule has 2 aromatic carbocycles. The maximum Gasteiger partial charge on any atom is 0.230 e. The number of rotatable bonds is 4. The van der Waals surface area contributed by atoms with Gasteiger partial charge in [0.15, 0.2) is 5.17 Å². The zero-order chi connectivity index (χ0) is 17.8. The summed E-state index contributed by atoms with van der Waals surface area (Å²) in [5.74, 6) is -1.55. The molecule has 0 saturated carbocycles. The molecule has 1 saturated heterocycles. The predicted molar refractivity (Wildman–Crippen MR) is 96.5 cm³/mol. The van der Waals surface area contributed by atoms with Gasteiger partial charge in [-0.15, -0.1) is 0 Å². The number of carboxylic acid groups (broad SMARTS) is 1. The van der Waals surface area contributed by atoms with Crippen LogP contribution >= 0.6 is 23.4 Å². The first kappa shape index (κ1) is 17.5. The van der Waals surface area contributed by atoms with E-state index in [2.05, 4.69) is 4.99 Å². The van der Waals surface area contributed by atoms with Crippen LogP contribution in [0.2, 0.25) is 5.02 Å². The molecule has 25 heavy (non-hydrogen) atoms. The van der Waals surface area contributed by atoms with Gasteiger partial charge in [0.25, 0.3) is 0 Å². The van der Waals surface area contributed by atoms with E-state index in [1.54, 1.807) is 24.3 Å². The van der Waals surface area contributed by atoms with Crippen LogP contribution in [0, 0.1) is 0 Å². The van der Waals surface area contributed by atoms with Crippen LogP contribution in [0.15, 0.2) is 59.6 Å². The molecule has 1 aliphatic heterocycles. The average Bonchev–Trinajstić information content (AvgIpc) is 2.60. The summed E-state index contributed by atoms with van der Waals surface area (Å²) in [6.07, 6.45) is -0.112. The number of hydrogen-bond acceptors (Lipinski definition) is 5. The smallest absolute Gasteiger partial charge is 0.230 e. The molecule has 1 atom stereocenters. The minimum atomic E-state index is -1.26. The molecule has 0 radical (unpaired) electrons. The van der Waals surface area contributed by atoms with Gasteiger partial charge in [-0.1, -0.05) is 53.7 Å². The topological polar surface area (TPSA) is 72.8 Å². The van der Waals surface area contributed by atoms with E-state index in [0.29, 0.717) is 22.4 Å². The number of thioether (sulfide) groups is 1. The van der Waals surface area contributed by atoms with E-state index in [-0.39, 0.29) is 12.3 Å². The normalized spacial score (nSPS) is 19.2. The van der Waals surface area contributed by atoms with E-state index in [1.165, 1.54) is 4.90 Å². The molecule has 128 valence electrons. The van der Waals surface area contributed by atoms with Crippen molar-refractivity contribution in [3.8, 4) is 0 Å². The predicted octanol–water partition coefficient (Wildman–Crippen LogP) is 2.61. The molecule has 0 bridgehead atoms. The molecular formula is C18H14ClN2O3S-. The van der Waals surface area contributed by atoms with Crippen LogP contribution in [-0.4, -0.2) is 27.2 Å². The first-order valence-electron chi connectivity index (χ1n) is 7.59. The molecule has 1 fully saturated rings. The van der Waals surface area contributed by atoms with Gasteiger partial charge in [0, 0.05) is 11.4 Å². The van der Waals surface area contributed by atoms with Crippen LogP contribution in [0.25, 0.3) is 0 Å². The Morgan fingerprint density at radius 2 is 1.88 bits per heavy atom. The number of carbonyl (C=O) groups excluding carboxylic acids is 2. The fraction of sp³-hybridized carbons (Fsp3) is 0.167. The maximum atomic E-state index is 12.5. The quantitative estimate of drug-likeness (QED) is 0.825. The second-order valence-corrected chi connectivity index (χ2v) is 7.07. The number of hydrogen-bond donors (Lipinski definition) is 0. The molecule has 1 aliphatic rings. The number of aliphatic carboxylic acids is 1. The molecule has 7 heteroatoms. The second-order valence-electron chi connectivity index (χ2n) is 5.47. The summed E-state index contributed by atoms with van der Waals surface area (Å²) in [5.41, 5.74) is 1.53. The lowest BCUT2D eigenvalue weighted by molar-refractivity contribution is -0.304. The molecule has 1 amide bonds. The summed E-state index contributed by atoms with van der Waals surface area (Å²) in [6, 6.07) is 16.3. The third-order valence-electron chi connectivity index (χ3n) is 3.64. The fourth-order valence-electron chi connectivity index (χ4n) is 2.37. The van der Waals surface area contributed by atoms with Gasteiger partial charge in [-0.3, -0.25) is 9.69 Å². The highest BCUT2D eigenvalue weighted by Crippen LogP contribution is 2.30. The highest BCUT2D eigenvalue weighted by molar-refractivity contribution is 8.15. The molecule has 1 heterocycles. The number of amidine groups is 1. The van der Waals surface area contributed by atoms with Crippen LogP contribution in [0.4, 0.5) is 5.69 Å². The zero-order valence-electron chi connectivity index (χ0n) is 13.1. The van der Waals surface area contributed by atoms with E-state index in [4.69, 9.17) is 11.6 Å². The Bertz CT molecular complexity index is 809. The van der Waals surface area contributed by atoms with Gasteiger partial charge < -0.3 is 9.90 Å². The van der Waals surface area contributed by atoms with Crippen molar-refractivity contribution in [2.45, 2.75) is 18.2 Å².